The van der Waals surface area contributed by atoms with Crippen LogP contribution in [0.15, 0.2) is 71.9 Å². The Kier molecular flexibility index (Phi) is 22.1. The van der Waals surface area contributed by atoms with Gasteiger partial charge < -0.3 is 53.4 Å². The number of alkyl carbamates (subject to hydrolysis) is 1. The number of methoxy groups -OCH3 is 1. The maximum absolute atomic E-state index is 16.1. The standard InChI is InChI=1S/C64H91NO17/c1-13-14-15-16-17-18-19-20-21-22-23-24-25-26-27-32-49(68)78-51(44(35-39(2)3)65-59(73)82-60(6,7)8)58(72)77-46-37-64(74)55(80-57(71)43-30-28-29-31-45(43)75-12)53-62(11,47(67)36-48-63(53,38-76-48)81-41(5)66)54(69)52(79-56(70)42-33-34-42)50(40(46)4)61(64,9)10/h15-16,18-19,21-22,28-31,39,42,44,46-48,51-53,55,67,74H,13-14,17,20,23-27,32-38H2,1-12H3,(H,65,73)/b16-15-,19-18-,22-21-/t44-,46-,47-,48+,51+,52+,53?,55?,62+,63-,64+/m0/s1. The molecule has 3 saturated carbocycles. The highest BCUT2D eigenvalue weighted by Gasteiger charge is 2.78. The van der Waals surface area contributed by atoms with Gasteiger partial charge in [-0.25, -0.2) is 14.4 Å². The molecular weight excluding hydrogens is 1050 g/mol. The summed E-state index contributed by atoms with van der Waals surface area (Å²) in [7, 11) is 1.36. The van der Waals surface area contributed by atoms with Gasteiger partial charge in [0.25, 0.3) is 0 Å². The van der Waals surface area contributed by atoms with Crippen LogP contribution in [0.25, 0.3) is 0 Å². The van der Waals surface area contributed by atoms with E-state index in [2.05, 4.69) is 48.7 Å². The molecule has 0 aromatic heterocycles. The lowest BCUT2D eigenvalue weighted by molar-refractivity contribution is -0.346. The van der Waals surface area contributed by atoms with E-state index in [1.807, 2.05) is 13.8 Å². The molecule has 1 saturated heterocycles. The van der Waals surface area contributed by atoms with Crippen LogP contribution in [0.5, 0.6) is 5.75 Å². The average molecular weight is 1150 g/mol. The number of hydrogen-bond acceptors (Lipinski definition) is 17. The van der Waals surface area contributed by atoms with Crippen LogP contribution in [0.3, 0.4) is 0 Å². The van der Waals surface area contributed by atoms with Crippen LogP contribution < -0.4 is 10.1 Å². The Bertz CT molecular complexity index is 2590. The molecule has 4 fully saturated rings. The van der Waals surface area contributed by atoms with E-state index in [0.29, 0.717) is 25.7 Å². The Morgan fingerprint density at radius 3 is 2.13 bits per heavy atom. The van der Waals surface area contributed by atoms with Gasteiger partial charge in [-0.05, 0) is 122 Å². The number of Topliss-reactive ketones (excluding diaryl/α,β-unsaturated/α-hetero) is 1. The quantitative estimate of drug-likeness (QED) is 0.0338. The third kappa shape index (κ3) is 14.9. The maximum Gasteiger partial charge on any atom is 0.408 e. The predicted molar refractivity (Wildman–Crippen MR) is 304 cm³/mol. The number of nitrogens with one attached hydrogen (secondary N) is 1. The number of rotatable bonds is 26. The van der Waals surface area contributed by atoms with E-state index in [1.54, 1.807) is 53.7 Å². The first-order valence-corrected chi connectivity index (χ1v) is 29.5. The van der Waals surface area contributed by atoms with Crippen LogP contribution in [-0.4, -0.2) is 125 Å². The topological polar surface area (TPSA) is 246 Å². The molecule has 2 unspecified atom stereocenters. The van der Waals surface area contributed by atoms with E-state index < -0.39 is 130 Å². The molecule has 18 heteroatoms. The first-order chi connectivity index (χ1) is 38.7. The van der Waals surface area contributed by atoms with Crippen molar-refractivity contribution < 1.29 is 81.7 Å². The van der Waals surface area contributed by atoms with Crippen molar-refractivity contribution in [2.24, 2.45) is 28.6 Å². The third-order valence-electron chi connectivity index (χ3n) is 16.9. The van der Waals surface area contributed by atoms with Crippen molar-refractivity contribution in [3.63, 3.8) is 0 Å². The Morgan fingerprint density at radius 2 is 1.54 bits per heavy atom. The second kappa shape index (κ2) is 27.7. The normalized spacial score (nSPS) is 28.5. The van der Waals surface area contributed by atoms with Gasteiger partial charge in [0.2, 0.25) is 6.10 Å². The zero-order valence-electron chi connectivity index (χ0n) is 50.4. The van der Waals surface area contributed by atoms with Gasteiger partial charge in [-0.3, -0.25) is 19.2 Å². The molecule has 82 heavy (non-hydrogen) atoms. The van der Waals surface area contributed by atoms with E-state index in [0.717, 1.165) is 51.9 Å². The number of aliphatic hydroxyl groups excluding tert-OH is 1. The number of unbranched alkanes of at least 4 members (excludes halogenated alkanes) is 5. The summed E-state index contributed by atoms with van der Waals surface area (Å²) in [5.74, 6) is -7.47. The molecule has 0 spiro atoms. The van der Waals surface area contributed by atoms with E-state index in [1.165, 1.54) is 26.2 Å². The molecule has 454 valence electrons. The Labute approximate surface area is 484 Å². The Morgan fingerprint density at radius 1 is 0.890 bits per heavy atom. The fourth-order valence-electron chi connectivity index (χ4n) is 12.4. The first kappa shape index (κ1) is 65.3. The van der Waals surface area contributed by atoms with E-state index in [-0.39, 0.29) is 54.2 Å². The van der Waals surface area contributed by atoms with Crippen molar-refractivity contribution in [3.05, 3.63) is 77.4 Å². The lowest BCUT2D eigenvalue weighted by atomic mass is 9.44. The molecule has 3 N–H and O–H groups in total. The van der Waals surface area contributed by atoms with Crippen LogP contribution in [0.4, 0.5) is 4.79 Å². The fourth-order valence-corrected chi connectivity index (χ4v) is 12.4. The van der Waals surface area contributed by atoms with Gasteiger partial charge in [0.15, 0.2) is 17.5 Å². The highest BCUT2D eigenvalue weighted by atomic mass is 16.6. The molecule has 1 aromatic carbocycles. The summed E-state index contributed by atoms with van der Waals surface area (Å²) >= 11 is 0. The fraction of sp³-hybridized carbons (Fsp3) is 0.672. The minimum Gasteiger partial charge on any atom is -0.496 e. The van der Waals surface area contributed by atoms with Gasteiger partial charge in [-0.2, -0.15) is 0 Å². The zero-order chi connectivity index (χ0) is 60.4. The second-order valence-corrected chi connectivity index (χ2v) is 25.0. The number of allylic oxidation sites excluding steroid dienone is 6. The van der Waals surface area contributed by atoms with Gasteiger partial charge in [0, 0.05) is 31.6 Å². The number of fused-ring (bicyclic) bond motifs is 5. The smallest absolute Gasteiger partial charge is 0.408 e. The summed E-state index contributed by atoms with van der Waals surface area (Å²) in [6.45, 7) is 17.9. The first-order valence-electron chi connectivity index (χ1n) is 29.5. The minimum atomic E-state index is -2.47. The summed E-state index contributed by atoms with van der Waals surface area (Å²) in [6, 6.07) is 4.98. The molecule has 6 rings (SSSR count). The van der Waals surface area contributed by atoms with Gasteiger partial charge in [0.1, 0.15) is 40.8 Å². The molecule has 1 aromatic rings. The van der Waals surface area contributed by atoms with Crippen LogP contribution >= 0.6 is 0 Å². The van der Waals surface area contributed by atoms with Crippen molar-refractivity contribution in [2.45, 2.75) is 232 Å². The van der Waals surface area contributed by atoms with Crippen molar-refractivity contribution in [1.29, 1.82) is 0 Å². The van der Waals surface area contributed by atoms with Crippen LogP contribution in [-0.2, 0) is 57.1 Å². The summed E-state index contributed by atoms with van der Waals surface area (Å²) in [4.78, 5) is 101. The van der Waals surface area contributed by atoms with Gasteiger partial charge in [-0.1, -0.05) is 102 Å². The molecule has 1 aliphatic heterocycles. The van der Waals surface area contributed by atoms with E-state index in [4.69, 9.17) is 37.9 Å². The number of benzene rings is 1. The highest BCUT2D eigenvalue weighted by molar-refractivity contribution is 5.96. The van der Waals surface area contributed by atoms with Gasteiger partial charge in [0.05, 0.1) is 43.1 Å². The molecule has 0 radical (unpaired) electrons. The molecule has 11 atom stereocenters. The summed E-state index contributed by atoms with van der Waals surface area (Å²) in [6.07, 6.45) is 10.3. The van der Waals surface area contributed by atoms with Crippen molar-refractivity contribution in [3.8, 4) is 5.75 Å². The number of hydrogen-bond donors (Lipinski definition) is 3. The number of aliphatic hydroxyl groups is 2. The number of amides is 1. The number of ketones is 1. The van der Waals surface area contributed by atoms with E-state index >= 15 is 9.59 Å². The molecule has 1 heterocycles. The molecular formula is C64H91NO17. The van der Waals surface area contributed by atoms with Crippen LogP contribution in [0.1, 0.15) is 183 Å². The number of esters is 5. The number of carbonyl (C=O) groups is 7. The predicted octanol–water partition coefficient (Wildman–Crippen LogP) is 10.0. The largest absolute Gasteiger partial charge is 0.496 e. The number of ether oxygens (including phenoxy) is 8. The second-order valence-electron chi connectivity index (χ2n) is 25.0. The Balaban J connectivity index is 1.40. The van der Waals surface area contributed by atoms with Gasteiger partial charge in [-0.15, -0.1) is 0 Å². The van der Waals surface area contributed by atoms with E-state index in [9.17, 15) is 34.2 Å². The van der Waals surface area contributed by atoms with Crippen molar-refractivity contribution >= 4 is 41.7 Å². The zero-order valence-corrected chi connectivity index (χ0v) is 50.4. The SMILES string of the molecule is CCC/C=C\C/C=C\C/C=C\CCCCCCC(=O)O[C@@H](C(=O)O[C@H]1C[C@@]2(O)C(OC(=O)c3ccccc3OC)C3[C@](C)(C(=O)[C@H](OC(=O)C4CC4)C(=C1C)C2(C)C)[C@@H](O)C[C@H]1OC[C@@]31OC(C)=O)[C@H](CC(C)C)NC(=O)OC(C)(C)C. The van der Waals surface area contributed by atoms with Crippen LogP contribution in [0.2, 0.25) is 0 Å². The monoisotopic (exact) mass is 1150 g/mol. The molecule has 4 aliphatic carbocycles. The summed E-state index contributed by atoms with van der Waals surface area (Å²) < 4.78 is 48.8. The average Bonchev–Trinajstić information content (AvgIpc) is 1.17. The minimum absolute atomic E-state index is 0.00842. The van der Waals surface area contributed by atoms with Crippen molar-refractivity contribution in [2.75, 3.05) is 13.7 Å². The summed E-state index contributed by atoms with van der Waals surface area (Å²) in [5, 5.41) is 29.3. The molecule has 18 nitrogen and oxygen atoms in total. The lowest BCUT2D eigenvalue weighted by Gasteiger charge is -2.67. The van der Waals surface area contributed by atoms with Crippen molar-refractivity contribution in [1.82, 2.24) is 5.32 Å². The van der Waals surface area contributed by atoms with Gasteiger partial charge >= 0.3 is 35.9 Å². The molecule has 5 aliphatic rings. The van der Waals surface area contributed by atoms with Crippen LogP contribution in [0, 0.1) is 28.6 Å². The Hall–Kier alpha value is -5.85. The number of carbonyl (C=O) groups excluding carboxylic acids is 7. The number of para-hydroxylation sites is 1. The maximum atomic E-state index is 16.1. The summed E-state index contributed by atoms with van der Waals surface area (Å²) in [5.41, 5.74) is -8.97. The third-order valence-corrected chi connectivity index (χ3v) is 16.9. The molecule has 2 bridgehead atoms. The highest BCUT2D eigenvalue weighted by Crippen LogP contribution is 2.64. The lowest BCUT2D eigenvalue weighted by Crippen LogP contribution is -2.82. The molecule has 1 amide bonds.